The number of aromatic amines is 1. The topological polar surface area (TPSA) is 115 Å². The molecular formula is C25H22FN7O. The minimum atomic E-state index is -0.540. The van der Waals surface area contributed by atoms with Crippen LogP contribution in [0.3, 0.4) is 0 Å². The number of nitrogens with two attached hydrogens (primary N) is 1. The number of aromatic nitrogens is 6. The second-order valence-electron chi connectivity index (χ2n) is 8.86. The Kier molecular flexibility index (Phi) is 4.65. The van der Waals surface area contributed by atoms with Crippen LogP contribution in [-0.4, -0.2) is 29.7 Å². The third-order valence-electron chi connectivity index (χ3n) is 6.87. The summed E-state index contributed by atoms with van der Waals surface area (Å²) in [6.07, 6.45) is 4.19. The number of nitrogens with zero attached hydrogens (tertiary/aromatic N) is 5. The van der Waals surface area contributed by atoms with Gasteiger partial charge in [0.05, 0.1) is 23.3 Å². The molecule has 3 N–H and O–H groups in total. The number of hydrogen-bond donors (Lipinski definition) is 2. The number of benzene rings is 2. The molecule has 8 nitrogen and oxygen atoms in total. The van der Waals surface area contributed by atoms with E-state index in [1.165, 1.54) is 31.2 Å². The van der Waals surface area contributed by atoms with Crippen LogP contribution in [0.15, 0.2) is 66.0 Å². The maximum atomic E-state index is 13.0. The summed E-state index contributed by atoms with van der Waals surface area (Å²) in [6.45, 7) is 2.25. The van der Waals surface area contributed by atoms with Crippen molar-refractivity contribution in [2.45, 2.75) is 19.4 Å². The first kappa shape index (κ1) is 20.5. The van der Waals surface area contributed by atoms with Gasteiger partial charge in [-0.05, 0) is 43.2 Å². The fourth-order valence-electron chi connectivity index (χ4n) is 4.86. The fourth-order valence-corrected chi connectivity index (χ4v) is 4.86. The lowest BCUT2D eigenvalue weighted by atomic mass is 10.1. The molecule has 170 valence electrons. The standard InChI is InChI=1S/C17H17N5.C8H5FN2O/c1-9(13-11-7-12(11)13)22-17-14(16(18)19-8-20-17)15(21-22)10-5-3-2-4-6-10;9-5-2-1-3-6-7(5)8(12)11-4-10-6/h2-6,8-9,11-13H,7H2,1H3,(H2,18,19,20);1-4H,(H,10,11,12). The summed E-state index contributed by atoms with van der Waals surface area (Å²) >= 11 is 0. The van der Waals surface area contributed by atoms with Gasteiger partial charge in [0.25, 0.3) is 5.56 Å². The Labute approximate surface area is 193 Å². The Morgan fingerprint density at radius 3 is 2.56 bits per heavy atom. The first-order valence-electron chi connectivity index (χ1n) is 11.2. The summed E-state index contributed by atoms with van der Waals surface area (Å²) in [7, 11) is 0. The van der Waals surface area contributed by atoms with Crippen LogP contribution in [0.25, 0.3) is 33.2 Å². The Morgan fingerprint density at radius 2 is 1.85 bits per heavy atom. The van der Waals surface area contributed by atoms with Crippen LogP contribution in [0.4, 0.5) is 10.2 Å². The zero-order valence-corrected chi connectivity index (χ0v) is 18.4. The molecule has 5 aromatic rings. The molecule has 2 aliphatic carbocycles. The molecule has 0 saturated heterocycles. The van der Waals surface area contributed by atoms with E-state index in [0.29, 0.717) is 17.4 Å². The van der Waals surface area contributed by atoms with Crippen LogP contribution in [0.5, 0.6) is 0 Å². The quantitative estimate of drug-likeness (QED) is 0.425. The Balaban J connectivity index is 0.000000154. The minimum Gasteiger partial charge on any atom is -0.383 e. The SMILES string of the molecule is CC(C1C2CC21)n1nc(-c2ccccc2)c2c(N)ncnc21.O=c1[nH]cnc2cccc(F)c12. The molecule has 34 heavy (non-hydrogen) atoms. The van der Waals surface area contributed by atoms with Gasteiger partial charge < -0.3 is 10.7 Å². The monoisotopic (exact) mass is 455 g/mol. The Hall–Kier alpha value is -4.14. The normalized spacial score (nSPS) is 20.9. The molecule has 2 saturated carbocycles. The highest BCUT2D eigenvalue weighted by atomic mass is 19.1. The van der Waals surface area contributed by atoms with E-state index in [0.717, 1.165) is 40.0 Å². The van der Waals surface area contributed by atoms with Gasteiger partial charge in [-0.3, -0.25) is 4.79 Å². The van der Waals surface area contributed by atoms with E-state index in [4.69, 9.17) is 10.8 Å². The summed E-state index contributed by atoms with van der Waals surface area (Å²) in [6, 6.07) is 14.9. The summed E-state index contributed by atoms with van der Waals surface area (Å²) in [5, 5.41) is 5.75. The van der Waals surface area contributed by atoms with E-state index in [2.05, 4.69) is 43.7 Å². The zero-order chi connectivity index (χ0) is 23.4. The molecule has 3 aromatic heterocycles. The molecule has 7 rings (SSSR count). The highest BCUT2D eigenvalue weighted by molar-refractivity contribution is 5.98. The zero-order valence-electron chi connectivity index (χ0n) is 18.4. The summed E-state index contributed by atoms with van der Waals surface area (Å²) in [4.78, 5) is 25.8. The van der Waals surface area contributed by atoms with Crippen LogP contribution in [0.1, 0.15) is 19.4 Å². The Bertz CT molecular complexity index is 1570. The Morgan fingerprint density at radius 1 is 1.06 bits per heavy atom. The van der Waals surface area contributed by atoms with E-state index in [-0.39, 0.29) is 5.39 Å². The third-order valence-corrected chi connectivity index (χ3v) is 6.87. The van der Waals surface area contributed by atoms with E-state index in [1.807, 2.05) is 18.2 Å². The van der Waals surface area contributed by atoms with Crippen molar-refractivity contribution in [1.82, 2.24) is 29.7 Å². The van der Waals surface area contributed by atoms with Gasteiger partial charge in [-0.25, -0.2) is 24.0 Å². The fraction of sp³-hybridized carbons (Fsp3) is 0.240. The number of anilines is 1. The highest BCUT2D eigenvalue weighted by Gasteiger charge is 2.66. The molecule has 0 amide bonds. The van der Waals surface area contributed by atoms with Crippen molar-refractivity contribution in [2.24, 2.45) is 17.8 Å². The molecule has 9 heteroatoms. The van der Waals surface area contributed by atoms with Crippen LogP contribution in [0, 0.1) is 23.6 Å². The lowest BCUT2D eigenvalue weighted by Gasteiger charge is -2.15. The van der Waals surface area contributed by atoms with Crippen LogP contribution in [-0.2, 0) is 0 Å². The minimum absolute atomic E-state index is 0.0139. The van der Waals surface area contributed by atoms with Gasteiger partial charge in [-0.15, -0.1) is 0 Å². The van der Waals surface area contributed by atoms with Crippen LogP contribution < -0.4 is 11.3 Å². The lowest BCUT2D eigenvalue weighted by Crippen LogP contribution is -2.13. The van der Waals surface area contributed by atoms with Gasteiger partial charge in [-0.1, -0.05) is 36.4 Å². The van der Waals surface area contributed by atoms with Gasteiger partial charge in [0.15, 0.2) is 5.65 Å². The maximum Gasteiger partial charge on any atom is 0.261 e. The van der Waals surface area contributed by atoms with Crippen molar-refractivity contribution in [3.05, 3.63) is 77.4 Å². The number of rotatable bonds is 3. The highest BCUT2D eigenvalue weighted by Crippen LogP contribution is 2.71. The van der Waals surface area contributed by atoms with Crippen molar-refractivity contribution in [2.75, 3.05) is 5.73 Å². The average Bonchev–Trinajstić information content (AvgIpc) is 3.72. The first-order valence-corrected chi connectivity index (χ1v) is 11.2. The molecule has 0 aliphatic heterocycles. The molecule has 0 spiro atoms. The van der Waals surface area contributed by atoms with E-state index in [1.54, 1.807) is 6.07 Å². The number of fused-ring (bicyclic) bond motifs is 3. The number of halogens is 1. The smallest absolute Gasteiger partial charge is 0.261 e. The molecule has 2 aliphatic rings. The average molecular weight is 455 g/mol. The van der Waals surface area contributed by atoms with Gasteiger partial charge in [-0.2, -0.15) is 5.10 Å². The van der Waals surface area contributed by atoms with E-state index >= 15 is 0 Å². The van der Waals surface area contributed by atoms with Crippen molar-refractivity contribution in [3.63, 3.8) is 0 Å². The predicted molar refractivity (Wildman–Crippen MR) is 127 cm³/mol. The van der Waals surface area contributed by atoms with Gasteiger partial charge in [0.2, 0.25) is 0 Å². The second-order valence-corrected chi connectivity index (χ2v) is 8.86. The van der Waals surface area contributed by atoms with Crippen molar-refractivity contribution < 1.29 is 4.39 Å². The van der Waals surface area contributed by atoms with Crippen LogP contribution in [0.2, 0.25) is 0 Å². The van der Waals surface area contributed by atoms with Crippen LogP contribution >= 0.6 is 0 Å². The molecule has 3 unspecified atom stereocenters. The largest absolute Gasteiger partial charge is 0.383 e. The van der Waals surface area contributed by atoms with E-state index < -0.39 is 11.4 Å². The number of nitrogens with one attached hydrogen (secondary N) is 1. The second kappa shape index (κ2) is 7.72. The lowest BCUT2D eigenvalue weighted by molar-refractivity contribution is 0.383. The molecular weight excluding hydrogens is 433 g/mol. The summed E-state index contributed by atoms with van der Waals surface area (Å²) in [5.41, 5.74) is 8.85. The number of hydrogen-bond acceptors (Lipinski definition) is 6. The summed E-state index contributed by atoms with van der Waals surface area (Å²) < 4.78 is 15.0. The van der Waals surface area contributed by atoms with Crippen molar-refractivity contribution in [3.8, 4) is 11.3 Å². The van der Waals surface area contributed by atoms with Crippen molar-refractivity contribution >= 4 is 27.8 Å². The number of H-pyrrole nitrogens is 1. The summed E-state index contributed by atoms with van der Waals surface area (Å²) in [5.74, 6) is 2.58. The maximum absolute atomic E-state index is 13.0. The molecule has 2 aromatic carbocycles. The first-order chi connectivity index (χ1) is 16.5. The number of nitrogen functional groups attached to an aromatic ring is 1. The molecule has 0 radical (unpaired) electrons. The van der Waals surface area contributed by atoms with Gasteiger partial charge in [0, 0.05) is 5.56 Å². The van der Waals surface area contributed by atoms with Gasteiger partial charge >= 0.3 is 0 Å². The molecule has 0 bridgehead atoms. The van der Waals surface area contributed by atoms with E-state index in [9.17, 15) is 9.18 Å². The van der Waals surface area contributed by atoms with Gasteiger partial charge in [0.1, 0.15) is 29.0 Å². The predicted octanol–water partition coefficient (Wildman–Crippen LogP) is 3.96. The molecule has 3 heterocycles. The third kappa shape index (κ3) is 3.32. The molecule has 2 fully saturated rings. The van der Waals surface area contributed by atoms with Crippen molar-refractivity contribution in [1.29, 1.82) is 0 Å². The molecule has 3 atom stereocenters.